The molecular formula is C16H20FNO2. The molecular weight excluding hydrogens is 257 g/mol. The van der Waals surface area contributed by atoms with Crippen molar-refractivity contribution in [2.75, 3.05) is 11.4 Å². The van der Waals surface area contributed by atoms with Gasteiger partial charge in [-0.25, -0.2) is 4.39 Å². The van der Waals surface area contributed by atoms with E-state index >= 15 is 0 Å². The van der Waals surface area contributed by atoms with Gasteiger partial charge >= 0.3 is 0 Å². The molecule has 0 N–H and O–H groups in total. The van der Waals surface area contributed by atoms with Crippen molar-refractivity contribution in [3.63, 3.8) is 0 Å². The number of rotatable bonds is 4. The molecule has 1 fully saturated rings. The average Bonchev–Trinajstić information content (AvgIpc) is 2.39. The van der Waals surface area contributed by atoms with Gasteiger partial charge in [-0.2, -0.15) is 0 Å². The SMILES string of the molecule is CC(C)CC(=O)C1CCCN(c2ccc(F)cc2)C1=O. The number of Topliss-reactive ketones (excluding diaryl/α,β-unsaturated/α-hetero) is 1. The third-order valence-electron chi connectivity index (χ3n) is 3.58. The molecule has 1 aromatic rings. The smallest absolute Gasteiger partial charge is 0.237 e. The Labute approximate surface area is 118 Å². The van der Waals surface area contributed by atoms with Crippen LogP contribution in [0.4, 0.5) is 10.1 Å². The lowest BCUT2D eigenvalue weighted by Crippen LogP contribution is -2.44. The van der Waals surface area contributed by atoms with Crippen molar-refractivity contribution >= 4 is 17.4 Å². The van der Waals surface area contributed by atoms with Crippen molar-refractivity contribution in [2.24, 2.45) is 11.8 Å². The number of carbonyl (C=O) groups excluding carboxylic acids is 2. The number of hydrogen-bond donors (Lipinski definition) is 0. The van der Waals surface area contributed by atoms with Crippen LogP contribution in [0.3, 0.4) is 0 Å². The summed E-state index contributed by atoms with van der Waals surface area (Å²) in [6.45, 7) is 4.54. The summed E-state index contributed by atoms with van der Waals surface area (Å²) in [6.07, 6.45) is 1.87. The Kier molecular flexibility index (Phi) is 4.53. The van der Waals surface area contributed by atoms with E-state index in [1.165, 1.54) is 12.1 Å². The fourth-order valence-electron chi connectivity index (χ4n) is 2.60. The Hall–Kier alpha value is -1.71. The largest absolute Gasteiger partial charge is 0.312 e. The molecule has 20 heavy (non-hydrogen) atoms. The van der Waals surface area contributed by atoms with Gasteiger partial charge in [-0.15, -0.1) is 0 Å². The van der Waals surface area contributed by atoms with Gasteiger partial charge < -0.3 is 4.90 Å². The molecule has 1 amide bonds. The summed E-state index contributed by atoms with van der Waals surface area (Å²) in [6, 6.07) is 5.84. The highest BCUT2D eigenvalue weighted by atomic mass is 19.1. The van der Waals surface area contributed by atoms with Gasteiger partial charge in [-0.3, -0.25) is 9.59 Å². The first-order chi connectivity index (χ1) is 9.49. The van der Waals surface area contributed by atoms with Crippen LogP contribution in [-0.2, 0) is 9.59 Å². The Morgan fingerprint density at radius 2 is 2.00 bits per heavy atom. The molecule has 1 aliphatic rings. The van der Waals surface area contributed by atoms with E-state index < -0.39 is 5.92 Å². The molecule has 108 valence electrons. The zero-order valence-electron chi connectivity index (χ0n) is 11.9. The molecule has 4 heteroatoms. The van der Waals surface area contributed by atoms with Crippen LogP contribution in [0.2, 0.25) is 0 Å². The van der Waals surface area contributed by atoms with E-state index in [-0.39, 0.29) is 23.4 Å². The van der Waals surface area contributed by atoms with Crippen LogP contribution in [0.1, 0.15) is 33.1 Å². The summed E-state index contributed by atoms with van der Waals surface area (Å²) in [7, 11) is 0. The summed E-state index contributed by atoms with van der Waals surface area (Å²) >= 11 is 0. The lowest BCUT2D eigenvalue weighted by molar-refractivity contribution is -0.134. The topological polar surface area (TPSA) is 37.4 Å². The summed E-state index contributed by atoms with van der Waals surface area (Å²) in [4.78, 5) is 26.2. The summed E-state index contributed by atoms with van der Waals surface area (Å²) in [5.74, 6) is -0.719. The zero-order valence-corrected chi connectivity index (χ0v) is 11.9. The third-order valence-corrected chi connectivity index (χ3v) is 3.58. The van der Waals surface area contributed by atoms with E-state index in [1.807, 2.05) is 13.8 Å². The van der Waals surface area contributed by atoms with Crippen LogP contribution in [-0.4, -0.2) is 18.2 Å². The highest BCUT2D eigenvalue weighted by Gasteiger charge is 2.34. The predicted octanol–water partition coefficient (Wildman–Crippen LogP) is 3.18. The quantitative estimate of drug-likeness (QED) is 0.793. The molecule has 0 aliphatic carbocycles. The monoisotopic (exact) mass is 277 g/mol. The summed E-state index contributed by atoms with van der Waals surface area (Å²) < 4.78 is 12.9. The van der Waals surface area contributed by atoms with E-state index in [0.717, 1.165) is 6.42 Å². The molecule has 1 heterocycles. The molecule has 1 saturated heterocycles. The standard InChI is InChI=1S/C16H20FNO2/c1-11(2)10-15(19)14-4-3-9-18(16(14)20)13-7-5-12(17)6-8-13/h5-8,11,14H,3-4,9-10H2,1-2H3. The number of anilines is 1. The van der Waals surface area contributed by atoms with Crippen molar-refractivity contribution in [3.05, 3.63) is 30.1 Å². The van der Waals surface area contributed by atoms with E-state index in [4.69, 9.17) is 0 Å². The Balaban J connectivity index is 2.14. The molecule has 1 atom stereocenters. The summed E-state index contributed by atoms with van der Waals surface area (Å²) in [5.41, 5.74) is 0.665. The predicted molar refractivity (Wildman–Crippen MR) is 75.9 cm³/mol. The minimum absolute atomic E-state index is 0.0248. The van der Waals surface area contributed by atoms with Gasteiger partial charge in [-0.1, -0.05) is 13.8 Å². The first-order valence-electron chi connectivity index (χ1n) is 7.08. The number of piperidine rings is 1. The van der Waals surface area contributed by atoms with Crippen LogP contribution in [0.25, 0.3) is 0 Å². The zero-order chi connectivity index (χ0) is 14.7. The fraction of sp³-hybridized carbons (Fsp3) is 0.500. The molecule has 0 radical (unpaired) electrons. The second-order valence-corrected chi connectivity index (χ2v) is 5.73. The number of benzene rings is 1. The van der Waals surface area contributed by atoms with E-state index in [9.17, 15) is 14.0 Å². The van der Waals surface area contributed by atoms with Crippen LogP contribution >= 0.6 is 0 Å². The molecule has 2 rings (SSSR count). The molecule has 0 saturated carbocycles. The number of ketones is 1. The first kappa shape index (κ1) is 14.7. The Morgan fingerprint density at radius 1 is 1.35 bits per heavy atom. The van der Waals surface area contributed by atoms with Gasteiger partial charge in [0.1, 0.15) is 11.6 Å². The van der Waals surface area contributed by atoms with Crippen LogP contribution in [0.15, 0.2) is 24.3 Å². The minimum Gasteiger partial charge on any atom is -0.312 e. The minimum atomic E-state index is -0.531. The molecule has 0 aromatic heterocycles. The van der Waals surface area contributed by atoms with E-state index in [1.54, 1.807) is 17.0 Å². The number of nitrogens with zero attached hydrogens (tertiary/aromatic N) is 1. The maximum absolute atomic E-state index is 12.9. The highest BCUT2D eigenvalue weighted by molar-refractivity contribution is 6.09. The van der Waals surface area contributed by atoms with Gasteiger partial charge in [0.25, 0.3) is 0 Å². The van der Waals surface area contributed by atoms with Crippen molar-refractivity contribution < 1.29 is 14.0 Å². The Morgan fingerprint density at radius 3 is 2.60 bits per heavy atom. The molecule has 0 spiro atoms. The number of amides is 1. The number of hydrogen-bond acceptors (Lipinski definition) is 2. The highest BCUT2D eigenvalue weighted by Crippen LogP contribution is 2.26. The lowest BCUT2D eigenvalue weighted by Gasteiger charge is -2.32. The van der Waals surface area contributed by atoms with E-state index in [2.05, 4.69) is 0 Å². The maximum atomic E-state index is 12.9. The molecule has 1 aromatic carbocycles. The summed E-state index contributed by atoms with van der Waals surface area (Å²) in [5, 5.41) is 0. The normalized spacial score (nSPS) is 19.5. The van der Waals surface area contributed by atoms with Crippen molar-refractivity contribution in [2.45, 2.75) is 33.1 Å². The van der Waals surface area contributed by atoms with Gasteiger partial charge in [-0.05, 0) is 43.0 Å². The molecule has 1 unspecified atom stereocenters. The van der Waals surface area contributed by atoms with Crippen LogP contribution in [0.5, 0.6) is 0 Å². The molecule has 0 bridgehead atoms. The fourth-order valence-corrected chi connectivity index (χ4v) is 2.60. The number of halogens is 1. The Bertz CT molecular complexity index is 496. The maximum Gasteiger partial charge on any atom is 0.237 e. The lowest BCUT2D eigenvalue weighted by atomic mass is 9.88. The number of carbonyl (C=O) groups is 2. The van der Waals surface area contributed by atoms with Crippen LogP contribution in [0, 0.1) is 17.7 Å². The second-order valence-electron chi connectivity index (χ2n) is 5.73. The third kappa shape index (κ3) is 3.24. The molecule has 1 aliphatic heterocycles. The van der Waals surface area contributed by atoms with Crippen molar-refractivity contribution in [1.29, 1.82) is 0 Å². The van der Waals surface area contributed by atoms with Crippen molar-refractivity contribution in [3.8, 4) is 0 Å². The van der Waals surface area contributed by atoms with Gasteiger partial charge in [0, 0.05) is 18.7 Å². The first-order valence-corrected chi connectivity index (χ1v) is 7.08. The molecule has 3 nitrogen and oxygen atoms in total. The van der Waals surface area contributed by atoms with Gasteiger partial charge in [0.05, 0.1) is 5.92 Å². The second kappa shape index (κ2) is 6.16. The van der Waals surface area contributed by atoms with Gasteiger partial charge in [0.2, 0.25) is 5.91 Å². The van der Waals surface area contributed by atoms with Crippen molar-refractivity contribution in [1.82, 2.24) is 0 Å². The van der Waals surface area contributed by atoms with Crippen LogP contribution < -0.4 is 4.90 Å². The average molecular weight is 277 g/mol. The van der Waals surface area contributed by atoms with E-state index in [0.29, 0.717) is 25.1 Å². The van der Waals surface area contributed by atoms with Gasteiger partial charge in [0.15, 0.2) is 0 Å².